The number of thiazole rings is 1. The van der Waals surface area contributed by atoms with Gasteiger partial charge in [0, 0.05) is 12.2 Å². The number of nitrogens with zero attached hydrogens (tertiary/aromatic N) is 1. The Balaban J connectivity index is 1.51. The summed E-state index contributed by atoms with van der Waals surface area (Å²) in [5.41, 5.74) is 3.67. The van der Waals surface area contributed by atoms with E-state index < -0.39 is 0 Å². The fraction of sp³-hybridized carbons (Fsp3) is 0.444. The highest BCUT2D eigenvalue weighted by Crippen LogP contribution is 2.25. The summed E-state index contributed by atoms with van der Waals surface area (Å²) < 4.78 is 1.21. The number of fused-ring (bicyclic) bond motifs is 1. The van der Waals surface area contributed by atoms with Crippen molar-refractivity contribution in [2.24, 2.45) is 0 Å². The second-order valence-electron chi connectivity index (χ2n) is 5.88. The molecule has 23 heavy (non-hydrogen) atoms. The number of hydrogen-bond donors (Lipinski definition) is 2. The van der Waals surface area contributed by atoms with Gasteiger partial charge in [-0.2, -0.15) is 0 Å². The van der Waals surface area contributed by atoms with Gasteiger partial charge in [-0.15, -0.1) is 11.3 Å². The number of allylic oxidation sites excluding steroid dienone is 1. The highest BCUT2D eigenvalue weighted by atomic mass is 32.1. The molecule has 0 atom stereocenters. The van der Waals surface area contributed by atoms with Gasteiger partial charge in [-0.1, -0.05) is 18.6 Å². The van der Waals surface area contributed by atoms with Crippen LogP contribution in [-0.4, -0.2) is 16.6 Å². The zero-order chi connectivity index (χ0) is 16.1. The molecule has 0 fully saturated rings. The maximum Gasteiger partial charge on any atom is 0.170 e. The van der Waals surface area contributed by atoms with E-state index in [2.05, 4.69) is 40.8 Å². The van der Waals surface area contributed by atoms with Crippen LogP contribution < -0.4 is 10.6 Å². The van der Waals surface area contributed by atoms with Gasteiger partial charge in [-0.05, 0) is 68.9 Å². The molecule has 1 aliphatic carbocycles. The van der Waals surface area contributed by atoms with Crippen molar-refractivity contribution in [3.05, 3.63) is 34.9 Å². The van der Waals surface area contributed by atoms with Crippen molar-refractivity contribution in [3.8, 4) is 0 Å². The summed E-state index contributed by atoms with van der Waals surface area (Å²) in [6.07, 6.45) is 9.65. The molecular formula is C18H23N3S2. The largest absolute Gasteiger partial charge is 0.362 e. The summed E-state index contributed by atoms with van der Waals surface area (Å²) in [4.78, 5) is 4.59. The van der Waals surface area contributed by atoms with Gasteiger partial charge in [-0.3, -0.25) is 0 Å². The topological polar surface area (TPSA) is 37.0 Å². The first-order valence-corrected chi connectivity index (χ1v) is 9.59. The first kappa shape index (κ1) is 16.4. The fourth-order valence-electron chi connectivity index (χ4n) is 2.84. The lowest BCUT2D eigenvalue weighted by atomic mass is 9.97. The van der Waals surface area contributed by atoms with Crippen molar-refractivity contribution in [2.45, 2.75) is 45.4 Å². The zero-order valence-electron chi connectivity index (χ0n) is 13.5. The van der Waals surface area contributed by atoms with Gasteiger partial charge in [0.1, 0.15) is 0 Å². The molecule has 0 radical (unpaired) electrons. The lowest BCUT2D eigenvalue weighted by Crippen LogP contribution is -2.29. The molecule has 1 aromatic heterocycles. The predicted molar refractivity (Wildman–Crippen MR) is 104 cm³/mol. The molecule has 0 spiro atoms. The molecule has 1 aliphatic rings. The number of aryl methyl sites for hydroxylation is 1. The van der Waals surface area contributed by atoms with Crippen molar-refractivity contribution >= 4 is 44.6 Å². The van der Waals surface area contributed by atoms with Crippen LogP contribution >= 0.6 is 23.6 Å². The lowest BCUT2D eigenvalue weighted by molar-refractivity contribution is 0.669. The van der Waals surface area contributed by atoms with Crippen molar-refractivity contribution < 1.29 is 0 Å². The van der Waals surface area contributed by atoms with Crippen LogP contribution in [0.25, 0.3) is 10.2 Å². The minimum atomic E-state index is 0.695. The smallest absolute Gasteiger partial charge is 0.170 e. The maximum absolute atomic E-state index is 5.40. The highest BCUT2D eigenvalue weighted by Gasteiger charge is 2.06. The molecule has 1 heterocycles. The van der Waals surface area contributed by atoms with Crippen molar-refractivity contribution in [1.29, 1.82) is 0 Å². The summed E-state index contributed by atoms with van der Waals surface area (Å²) in [5, 5.41) is 8.46. The molecule has 3 rings (SSSR count). The second kappa shape index (κ2) is 7.88. The van der Waals surface area contributed by atoms with Crippen LogP contribution in [0.15, 0.2) is 29.8 Å². The van der Waals surface area contributed by atoms with E-state index in [1.807, 2.05) is 6.07 Å². The number of thiocarbonyl (C=S) groups is 1. The molecule has 122 valence electrons. The van der Waals surface area contributed by atoms with Crippen LogP contribution in [0.4, 0.5) is 5.69 Å². The Bertz CT molecular complexity index is 718. The average molecular weight is 346 g/mol. The monoisotopic (exact) mass is 345 g/mol. The van der Waals surface area contributed by atoms with E-state index in [4.69, 9.17) is 12.2 Å². The fourth-order valence-corrected chi connectivity index (χ4v) is 4.01. The molecule has 2 aromatic rings. The zero-order valence-corrected chi connectivity index (χ0v) is 15.2. The van der Waals surface area contributed by atoms with Gasteiger partial charge < -0.3 is 10.6 Å². The molecule has 3 nitrogen and oxygen atoms in total. The number of benzene rings is 1. The average Bonchev–Trinajstić information content (AvgIpc) is 2.98. The first-order chi connectivity index (χ1) is 11.2. The van der Waals surface area contributed by atoms with Gasteiger partial charge in [0.05, 0.1) is 15.2 Å². The number of anilines is 1. The Morgan fingerprint density at radius 3 is 3.04 bits per heavy atom. The minimum absolute atomic E-state index is 0.695. The highest BCUT2D eigenvalue weighted by molar-refractivity contribution is 7.80. The third kappa shape index (κ3) is 4.52. The molecule has 0 unspecified atom stereocenters. The minimum Gasteiger partial charge on any atom is -0.362 e. The Morgan fingerprint density at radius 2 is 2.26 bits per heavy atom. The van der Waals surface area contributed by atoms with Crippen LogP contribution in [0.3, 0.4) is 0 Å². The van der Waals surface area contributed by atoms with Gasteiger partial charge in [0.25, 0.3) is 0 Å². The van der Waals surface area contributed by atoms with Crippen LogP contribution in [0, 0.1) is 0 Å². The number of rotatable bonds is 5. The van der Waals surface area contributed by atoms with E-state index in [1.54, 1.807) is 16.9 Å². The molecule has 0 aliphatic heterocycles. The van der Waals surface area contributed by atoms with Gasteiger partial charge in [0.15, 0.2) is 5.11 Å². The van der Waals surface area contributed by atoms with E-state index in [-0.39, 0.29) is 0 Å². The van der Waals surface area contributed by atoms with E-state index in [9.17, 15) is 0 Å². The maximum atomic E-state index is 5.40. The second-order valence-corrected chi connectivity index (χ2v) is 7.41. The Morgan fingerprint density at radius 1 is 1.35 bits per heavy atom. The Labute approximate surface area is 147 Å². The summed E-state index contributed by atoms with van der Waals surface area (Å²) >= 11 is 7.15. The first-order valence-electron chi connectivity index (χ1n) is 8.37. The number of hydrogen-bond acceptors (Lipinski definition) is 3. The van der Waals surface area contributed by atoms with Gasteiger partial charge in [0.2, 0.25) is 0 Å². The standard InChI is InChI=1S/C18H23N3S2/c1-2-17-21-15-9-8-14(12-16(15)23-17)20-18(22)19-11-10-13-6-4-3-5-7-13/h6,8-9,12H,2-5,7,10-11H2,1H3,(H2,19,20,22). The van der Waals surface area contributed by atoms with Crippen LogP contribution in [0.5, 0.6) is 0 Å². The molecule has 5 heteroatoms. The lowest BCUT2D eigenvalue weighted by Gasteiger charge is -2.14. The van der Waals surface area contributed by atoms with Crippen LogP contribution in [0.2, 0.25) is 0 Å². The molecule has 0 bridgehead atoms. The van der Waals surface area contributed by atoms with Gasteiger partial charge in [-0.25, -0.2) is 4.98 Å². The summed E-state index contributed by atoms with van der Waals surface area (Å²) in [6, 6.07) is 6.23. The molecule has 1 aromatic carbocycles. The molecule has 0 saturated heterocycles. The van der Waals surface area contributed by atoms with E-state index >= 15 is 0 Å². The van der Waals surface area contributed by atoms with Crippen LogP contribution in [-0.2, 0) is 6.42 Å². The number of aromatic nitrogens is 1. The number of nitrogens with one attached hydrogen (secondary N) is 2. The Hall–Kier alpha value is -1.46. The SMILES string of the molecule is CCc1nc2ccc(NC(=S)NCCC3=CCCCC3)cc2s1. The van der Waals surface area contributed by atoms with Crippen LogP contribution in [0.1, 0.15) is 44.0 Å². The van der Waals surface area contributed by atoms with Gasteiger partial charge >= 0.3 is 0 Å². The third-order valence-electron chi connectivity index (χ3n) is 4.11. The molecule has 2 N–H and O–H groups in total. The van der Waals surface area contributed by atoms with E-state index in [1.165, 1.54) is 35.4 Å². The summed E-state index contributed by atoms with van der Waals surface area (Å²) in [7, 11) is 0. The Kier molecular flexibility index (Phi) is 5.62. The third-order valence-corrected chi connectivity index (χ3v) is 5.52. The van der Waals surface area contributed by atoms with Crippen molar-refractivity contribution in [3.63, 3.8) is 0 Å². The normalized spacial score (nSPS) is 14.6. The summed E-state index contributed by atoms with van der Waals surface area (Å²) in [5.74, 6) is 0. The quantitative estimate of drug-likeness (QED) is 0.588. The molecule has 0 amide bonds. The summed E-state index contributed by atoms with van der Waals surface area (Å²) in [6.45, 7) is 3.04. The molecule has 0 saturated carbocycles. The van der Waals surface area contributed by atoms with Crippen molar-refractivity contribution in [1.82, 2.24) is 10.3 Å². The predicted octanol–water partition coefficient (Wildman–Crippen LogP) is 5.04. The van der Waals surface area contributed by atoms with Crippen molar-refractivity contribution in [2.75, 3.05) is 11.9 Å². The molecular weight excluding hydrogens is 322 g/mol. The van der Waals surface area contributed by atoms with E-state index in [0.717, 1.165) is 30.6 Å². The van der Waals surface area contributed by atoms with E-state index in [0.29, 0.717) is 5.11 Å².